The summed E-state index contributed by atoms with van der Waals surface area (Å²) < 4.78 is 0. The second kappa shape index (κ2) is 8.48. The summed E-state index contributed by atoms with van der Waals surface area (Å²) in [5.74, 6) is 5.47. The number of nitrogens with zero attached hydrogens (tertiary/aromatic N) is 1. The topological polar surface area (TPSA) is 43.1 Å². The molecule has 4 heteroatoms. The summed E-state index contributed by atoms with van der Waals surface area (Å²) >= 11 is 6.49. The molecule has 4 aliphatic carbocycles. The van der Waals surface area contributed by atoms with Crippen molar-refractivity contribution >= 4 is 11.6 Å². The molecule has 0 aliphatic heterocycles. The third kappa shape index (κ3) is 3.97. The lowest BCUT2D eigenvalue weighted by Gasteiger charge is -2.61. The summed E-state index contributed by atoms with van der Waals surface area (Å²) in [5.41, 5.74) is 0.785. The lowest BCUT2D eigenvalue weighted by molar-refractivity contribution is -0.550. The van der Waals surface area contributed by atoms with Crippen LogP contribution in [-0.4, -0.2) is 9.92 Å². The van der Waals surface area contributed by atoms with Gasteiger partial charge in [0.1, 0.15) is 0 Å². The summed E-state index contributed by atoms with van der Waals surface area (Å²) in [5, 5.41) is 11.6. The summed E-state index contributed by atoms with van der Waals surface area (Å²) in [6.45, 7) is 12.4. The molecular weight excluding hydrogens is 406 g/mol. The van der Waals surface area contributed by atoms with E-state index in [4.69, 9.17) is 11.6 Å². The van der Waals surface area contributed by atoms with Crippen LogP contribution in [0.2, 0.25) is 0 Å². The Balaban J connectivity index is 1.47. The lowest BCUT2D eigenvalue weighted by Crippen LogP contribution is -2.56. The van der Waals surface area contributed by atoms with Crippen molar-refractivity contribution in [3.63, 3.8) is 0 Å². The molecule has 0 amide bonds. The summed E-state index contributed by atoms with van der Waals surface area (Å²) in [6.07, 6.45) is 14.2. The number of halogens is 1. The largest absolute Gasteiger partial charge is 0.295 e. The van der Waals surface area contributed by atoms with Crippen molar-refractivity contribution in [1.82, 2.24) is 0 Å². The van der Waals surface area contributed by atoms with Crippen LogP contribution in [0.25, 0.3) is 0 Å². The van der Waals surface area contributed by atoms with Crippen LogP contribution in [0.5, 0.6) is 0 Å². The molecule has 4 saturated carbocycles. The fraction of sp³-hybridized carbons (Fsp3) is 1.00. The van der Waals surface area contributed by atoms with Crippen molar-refractivity contribution in [2.75, 3.05) is 0 Å². The molecule has 0 aromatic rings. The predicted molar refractivity (Wildman–Crippen MR) is 129 cm³/mol. The zero-order valence-corrected chi connectivity index (χ0v) is 21.4. The van der Waals surface area contributed by atoms with Gasteiger partial charge in [-0.2, -0.15) is 0 Å². The van der Waals surface area contributed by atoms with Gasteiger partial charge in [-0.05, 0) is 109 Å². The van der Waals surface area contributed by atoms with Crippen molar-refractivity contribution in [1.29, 1.82) is 0 Å². The summed E-state index contributed by atoms with van der Waals surface area (Å²) in [6, 6.07) is 0. The minimum Gasteiger partial charge on any atom is -0.263 e. The van der Waals surface area contributed by atoms with E-state index >= 15 is 0 Å². The second-order valence-corrected chi connectivity index (χ2v) is 13.8. The van der Waals surface area contributed by atoms with E-state index in [1.54, 1.807) is 0 Å². The molecule has 4 rings (SSSR count). The smallest absolute Gasteiger partial charge is 0.263 e. The number of alkyl halides is 1. The number of hydrogen-bond donors (Lipinski definition) is 0. The zero-order valence-electron chi connectivity index (χ0n) is 20.7. The van der Waals surface area contributed by atoms with Gasteiger partial charge in [0.25, 0.3) is 5.00 Å². The highest BCUT2D eigenvalue weighted by Gasteiger charge is 2.63. The van der Waals surface area contributed by atoms with Gasteiger partial charge in [0, 0.05) is 17.8 Å². The van der Waals surface area contributed by atoms with Gasteiger partial charge >= 0.3 is 0 Å². The highest BCUT2D eigenvalue weighted by Crippen LogP contribution is 2.69. The molecule has 0 radical (unpaired) electrons. The van der Waals surface area contributed by atoms with Gasteiger partial charge in [0.15, 0.2) is 0 Å². The Hall–Kier alpha value is -0.310. The first kappa shape index (κ1) is 23.8. The van der Waals surface area contributed by atoms with Gasteiger partial charge in [-0.1, -0.05) is 53.9 Å². The number of nitro groups is 1. The monoisotopic (exact) mass is 451 g/mol. The Morgan fingerprint density at radius 1 is 0.935 bits per heavy atom. The Morgan fingerprint density at radius 2 is 1.65 bits per heavy atom. The van der Waals surface area contributed by atoms with Crippen LogP contribution in [0.4, 0.5) is 0 Å². The molecule has 0 saturated heterocycles. The maximum atomic E-state index is 11.6. The van der Waals surface area contributed by atoms with Crippen molar-refractivity contribution in [2.45, 2.75) is 117 Å². The van der Waals surface area contributed by atoms with E-state index in [1.165, 1.54) is 51.4 Å². The molecule has 0 heterocycles. The second-order valence-electron chi connectivity index (χ2n) is 13.1. The molecule has 0 N–H and O–H groups in total. The van der Waals surface area contributed by atoms with Crippen LogP contribution in [0.3, 0.4) is 0 Å². The van der Waals surface area contributed by atoms with Crippen molar-refractivity contribution < 1.29 is 4.92 Å². The molecular formula is C27H46ClNO2. The van der Waals surface area contributed by atoms with Gasteiger partial charge in [-0.15, -0.1) is 0 Å². The SMILES string of the molecule is CC(C)CCC[C@@H](C)[C@@H]1CC[C@@H]2[C@@H]3CC[C@H]4C[C@](Cl)([N+](=O)[O-])CC[C@]4(C)[C@H]3CC[C@]21C. The normalized spacial score (nSPS) is 48.0. The fourth-order valence-electron chi connectivity index (χ4n) is 9.39. The maximum absolute atomic E-state index is 11.6. The molecule has 4 aliphatic rings. The van der Waals surface area contributed by atoms with Crippen molar-refractivity contribution in [3.8, 4) is 0 Å². The van der Waals surface area contributed by atoms with E-state index < -0.39 is 5.00 Å². The predicted octanol–water partition coefficient (Wildman–Crippen LogP) is 8.32. The molecule has 31 heavy (non-hydrogen) atoms. The van der Waals surface area contributed by atoms with E-state index in [0.717, 1.165) is 48.3 Å². The minimum absolute atomic E-state index is 0.194. The highest BCUT2D eigenvalue weighted by atomic mass is 35.5. The van der Waals surface area contributed by atoms with Crippen LogP contribution >= 0.6 is 11.6 Å². The van der Waals surface area contributed by atoms with E-state index in [9.17, 15) is 10.1 Å². The quantitative estimate of drug-likeness (QED) is 0.176. The Bertz CT molecular complexity index is 682. The third-order valence-electron chi connectivity index (χ3n) is 11.2. The lowest BCUT2D eigenvalue weighted by atomic mass is 9.44. The highest BCUT2D eigenvalue weighted by molar-refractivity contribution is 6.22. The van der Waals surface area contributed by atoms with E-state index in [-0.39, 0.29) is 10.3 Å². The first-order valence-corrected chi connectivity index (χ1v) is 13.7. The average molecular weight is 452 g/mol. The van der Waals surface area contributed by atoms with Crippen molar-refractivity contribution in [2.24, 2.45) is 52.3 Å². The fourth-order valence-corrected chi connectivity index (χ4v) is 9.67. The number of rotatable bonds is 6. The van der Waals surface area contributed by atoms with E-state index in [1.807, 2.05) is 0 Å². The Morgan fingerprint density at radius 3 is 2.32 bits per heavy atom. The van der Waals surface area contributed by atoms with E-state index in [0.29, 0.717) is 24.2 Å². The molecule has 0 unspecified atom stereocenters. The van der Waals surface area contributed by atoms with Gasteiger partial charge in [0.2, 0.25) is 0 Å². The van der Waals surface area contributed by atoms with Crippen molar-refractivity contribution in [3.05, 3.63) is 10.1 Å². The van der Waals surface area contributed by atoms with E-state index in [2.05, 4.69) is 34.6 Å². The molecule has 3 nitrogen and oxygen atoms in total. The molecule has 0 spiro atoms. The van der Waals surface area contributed by atoms with Crippen LogP contribution in [0, 0.1) is 62.4 Å². The van der Waals surface area contributed by atoms with Crippen LogP contribution in [0.15, 0.2) is 0 Å². The molecule has 4 fully saturated rings. The first-order valence-electron chi connectivity index (χ1n) is 13.3. The summed E-state index contributed by atoms with van der Waals surface area (Å²) in [7, 11) is 0. The third-order valence-corrected chi connectivity index (χ3v) is 11.7. The first-order chi connectivity index (χ1) is 14.5. The molecule has 0 bridgehead atoms. The molecule has 9 atom stereocenters. The van der Waals surface area contributed by atoms with Crippen LogP contribution in [0.1, 0.15) is 112 Å². The standard InChI is InChI=1S/C27H46ClNO2/c1-18(2)7-6-8-19(3)22-11-12-23-21-10-9-20-17-27(28,29(30)31)16-15-25(20,4)24(21)13-14-26(22,23)5/h18-24H,6-17H2,1-5H3/t19-,20+,21+,22+,23-,24+,25+,26+,27-/m1/s1. The van der Waals surface area contributed by atoms with Crippen LogP contribution in [-0.2, 0) is 0 Å². The molecule has 0 aromatic carbocycles. The maximum Gasteiger partial charge on any atom is 0.295 e. The number of hydrogen-bond acceptors (Lipinski definition) is 2. The Labute approximate surface area is 195 Å². The van der Waals surface area contributed by atoms with Gasteiger partial charge in [-0.25, -0.2) is 0 Å². The zero-order chi connectivity index (χ0) is 22.6. The number of fused-ring (bicyclic) bond motifs is 5. The van der Waals surface area contributed by atoms with Crippen LogP contribution < -0.4 is 0 Å². The summed E-state index contributed by atoms with van der Waals surface area (Å²) in [4.78, 5) is 10.2. The molecule has 0 aromatic heterocycles. The average Bonchev–Trinajstić information content (AvgIpc) is 3.05. The minimum atomic E-state index is -1.20. The molecule has 178 valence electrons. The van der Waals surface area contributed by atoms with Gasteiger partial charge in [-0.3, -0.25) is 10.1 Å². The van der Waals surface area contributed by atoms with Gasteiger partial charge < -0.3 is 0 Å². The van der Waals surface area contributed by atoms with Gasteiger partial charge in [0.05, 0.1) is 0 Å². The Kier molecular flexibility index (Phi) is 6.52.